The Kier molecular flexibility index (Phi) is 3.48. The van der Waals surface area contributed by atoms with E-state index < -0.39 is 17.5 Å². The molecule has 2 rings (SSSR count). The molecule has 0 aliphatic carbocycles. The van der Waals surface area contributed by atoms with Gasteiger partial charge >= 0.3 is 0 Å². The van der Waals surface area contributed by atoms with E-state index in [-0.39, 0.29) is 17.8 Å². The van der Waals surface area contributed by atoms with Crippen molar-refractivity contribution in [2.45, 2.75) is 6.92 Å². The minimum Gasteiger partial charge on any atom is -0.298 e. The first kappa shape index (κ1) is 12.8. The van der Waals surface area contributed by atoms with Crippen LogP contribution in [0.2, 0.25) is 0 Å². The van der Waals surface area contributed by atoms with Crippen molar-refractivity contribution in [2.75, 3.05) is 17.3 Å². The number of alkyl halides is 1. The molecule has 0 saturated carbocycles. The summed E-state index contributed by atoms with van der Waals surface area (Å²) in [5.41, 5.74) is 0.817. The number of rotatable bonds is 3. The Morgan fingerprint density at radius 3 is 2.72 bits per heavy atom. The summed E-state index contributed by atoms with van der Waals surface area (Å²) >= 11 is 5.47. The quantitative estimate of drug-likeness (QED) is 0.479. The minimum absolute atomic E-state index is 0.0647. The standard InChI is InChI=1S/C13H11ClFNO2/c1-8-6-9-11(10(15)7-8)16(5-3-2-4-14)13(18)12(9)17/h2-3,6-7H,4-5H2,1H3. The Morgan fingerprint density at radius 2 is 2.06 bits per heavy atom. The molecule has 0 aromatic heterocycles. The van der Waals surface area contributed by atoms with Crippen molar-refractivity contribution in [1.29, 1.82) is 0 Å². The Hall–Kier alpha value is -1.68. The molecule has 0 atom stereocenters. The molecule has 0 bridgehead atoms. The largest absolute Gasteiger partial charge is 0.299 e. The van der Waals surface area contributed by atoms with E-state index in [0.717, 1.165) is 4.90 Å². The first-order valence-electron chi connectivity index (χ1n) is 5.43. The third-order valence-corrected chi connectivity index (χ3v) is 2.88. The van der Waals surface area contributed by atoms with Crippen LogP contribution in [0.5, 0.6) is 0 Å². The number of halogens is 2. The van der Waals surface area contributed by atoms with Crippen molar-refractivity contribution in [3.8, 4) is 0 Å². The van der Waals surface area contributed by atoms with Gasteiger partial charge in [-0.3, -0.25) is 14.5 Å². The Labute approximate surface area is 109 Å². The van der Waals surface area contributed by atoms with Crippen molar-refractivity contribution >= 4 is 29.0 Å². The average Bonchev–Trinajstić information content (AvgIpc) is 2.55. The molecule has 0 unspecified atom stereocenters. The van der Waals surface area contributed by atoms with Gasteiger partial charge in [0.2, 0.25) is 0 Å². The fraction of sp³-hybridized carbons (Fsp3) is 0.231. The third-order valence-electron chi connectivity index (χ3n) is 2.71. The number of carbonyl (C=O) groups excluding carboxylic acids is 2. The highest BCUT2D eigenvalue weighted by Gasteiger charge is 2.37. The van der Waals surface area contributed by atoms with Gasteiger partial charge in [0.05, 0.1) is 11.3 Å². The van der Waals surface area contributed by atoms with E-state index in [1.807, 2.05) is 0 Å². The van der Waals surface area contributed by atoms with Crippen molar-refractivity contribution in [2.24, 2.45) is 0 Å². The van der Waals surface area contributed by atoms with E-state index in [2.05, 4.69) is 0 Å². The second kappa shape index (κ2) is 4.90. The second-order valence-electron chi connectivity index (χ2n) is 4.01. The lowest BCUT2D eigenvalue weighted by atomic mass is 10.1. The monoisotopic (exact) mass is 267 g/mol. The van der Waals surface area contributed by atoms with Crippen LogP contribution in [0.3, 0.4) is 0 Å². The molecule has 18 heavy (non-hydrogen) atoms. The highest BCUT2D eigenvalue weighted by Crippen LogP contribution is 2.32. The van der Waals surface area contributed by atoms with Crippen LogP contribution in [-0.4, -0.2) is 24.1 Å². The number of amides is 1. The summed E-state index contributed by atoms with van der Waals surface area (Å²) in [6.07, 6.45) is 3.27. The van der Waals surface area contributed by atoms with E-state index in [0.29, 0.717) is 11.4 Å². The summed E-state index contributed by atoms with van der Waals surface area (Å²) < 4.78 is 13.9. The predicted molar refractivity (Wildman–Crippen MR) is 67.7 cm³/mol. The van der Waals surface area contributed by atoms with Gasteiger partial charge in [-0.15, -0.1) is 11.6 Å². The van der Waals surface area contributed by atoms with Crippen LogP contribution in [0, 0.1) is 12.7 Å². The molecule has 0 N–H and O–H groups in total. The van der Waals surface area contributed by atoms with Crippen molar-refractivity contribution in [3.63, 3.8) is 0 Å². The maximum Gasteiger partial charge on any atom is 0.299 e. The average molecular weight is 268 g/mol. The van der Waals surface area contributed by atoms with Crippen molar-refractivity contribution < 1.29 is 14.0 Å². The maximum atomic E-state index is 13.9. The summed E-state index contributed by atoms with van der Waals surface area (Å²) in [5, 5.41) is 0. The van der Waals surface area contributed by atoms with E-state index >= 15 is 0 Å². The number of allylic oxidation sites excluding steroid dienone is 1. The van der Waals surface area contributed by atoms with Gasteiger partial charge in [0.1, 0.15) is 5.82 Å². The highest BCUT2D eigenvalue weighted by molar-refractivity contribution is 6.52. The first-order valence-corrected chi connectivity index (χ1v) is 5.97. The first-order chi connectivity index (χ1) is 8.56. The Bertz CT molecular complexity index is 554. The molecule has 1 amide bonds. The summed E-state index contributed by atoms with van der Waals surface area (Å²) in [6.45, 7) is 1.82. The molecule has 94 valence electrons. The lowest BCUT2D eigenvalue weighted by Gasteiger charge is -2.14. The molecule has 0 fully saturated rings. The molecular weight excluding hydrogens is 257 g/mol. The van der Waals surface area contributed by atoms with Gasteiger partial charge in [-0.25, -0.2) is 4.39 Å². The van der Waals surface area contributed by atoms with Gasteiger partial charge in [-0.05, 0) is 24.6 Å². The molecule has 5 heteroatoms. The zero-order chi connectivity index (χ0) is 13.3. The van der Waals surface area contributed by atoms with Gasteiger partial charge in [0.15, 0.2) is 0 Å². The van der Waals surface area contributed by atoms with E-state index in [1.54, 1.807) is 19.1 Å². The predicted octanol–water partition coefficient (Wildman–Crippen LogP) is 2.46. The van der Waals surface area contributed by atoms with E-state index in [4.69, 9.17) is 11.6 Å². The summed E-state index contributed by atoms with van der Waals surface area (Å²) in [7, 11) is 0. The van der Waals surface area contributed by atoms with Crippen LogP contribution in [-0.2, 0) is 4.79 Å². The number of carbonyl (C=O) groups is 2. The fourth-order valence-corrected chi connectivity index (χ4v) is 2.06. The summed E-state index contributed by atoms with van der Waals surface area (Å²) in [6, 6.07) is 2.84. The minimum atomic E-state index is -0.700. The topological polar surface area (TPSA) is 37.4 Å². The van der Waals surface area contributed by atoms with Crippen molar-refractivity contribution in [3.05, 3.63) is 41.2 Å². The molecule has 1 aromatic carbocycles. The Morgan fingerprint density at radius 1 is 1.33 bits per heavy atom. The zero-order valence-corrected chi connectivity index (χ0v) is 10.5. The maximum absolute atomic E-state index is 13.9. The van der Waals surface area contributed by atoms with Crippen LogP contribution >= 0.6 is 11.6 Å². The molecule has 1 aliphatic rings. The van der Waals surface area contributed by atoms with E-state index in [9.17, 15) is 14.0 Å². The lowest BCUT2D eigenvalue weighted by molar-refractivity contribution is -0.114. The number of benzene rings is 1. The zero-order valence-electron chi connectivity index (χ0n) is 9.74. The number of anilines is 1. The van der Waals surface area contributed by atoms with Crippen LogP contribution in [0.25, 0.3) is 0 Å². The van der Waals surface area contributed by atoms with Crippen LogP contribution < -0.4 is 4.90 Å². The van der Waals surface area contributed by atoms with Crippen molar-refractivity contribution in [1.82, 2.24) is 0 Å². The number of ketones is 1. The summed E-state index contributed by atoms with van der Waals surface area (Å²) in [5.74, 6) is -1.61. The number of nitrogens with zero attached hydrogens (tertiary/aromatic N) is 1. The number of hydrogen-bond donors (Lipinski definition) is 0. The molecule has 1 heterocycles. The molecule has 0 saturated heterocycles. The molecule has 0 radical (unpaired) electrons. The lowest BCUT2D eigenvalue weighted by Crippen LogP contribution is -2.30. The number of Topliss-reactive ketones (excluding diaryl/α,β-unsaturated/α-hetero) is 1. The Balaban J connectivity index is 2.45. The summed E-state index contributed by atoms with van der Waals surface area (Å²) in [4.78, 5) is 24.6. The third kappa shape index (κ3) is 2.04. The van der Waals surface area contributed by atoms with Crippen LogP contribution in [0.1, 0.15) is 15.9 Å². The number of fused-ring (bicyclic) bond motifs is 1. The molecule has 0 spiro atoms. The SMILES string of the molecule is Cc1cc(F)c2c(c1)C(=O)C(=O)N2CC=CCCl. The van der Waals surface area contributed by atoms with Gasteiger partial charge in [-0.1, -0.05) is 12.2 Å². The second-order valence-corrected chi connectivity index (χ2v) is 4.32. The number of aryl methyl sites for hydroxylation is 1. The van der Waals surface area contributed by atoms with Gasteiger partial charge in [0, 0.05) is 12.4 Å². The van der Waals surface area contributed by atoms with Gasteiger partial charge < -0.3 is 0 Å². The van der Waals surface area contributed by atoms with Gasteiger partial charge in [0.25, 0.3) is 11.7 Å². The number of hydrogen-bond acceptors (Lipinski definition) is 2. The fourth-order valence-electron chi connectivity index (χ4n) is 1.94. The molecular formula is C13H11ClFNO2. The van der Waals surface area contributed by atoms with Gasteiger partial charge in [-0.2, -0.15) is 0 Å². The van der Waals surface area contributed by atoms with Crippen LogP contribution in [0.15, 0.2) is 24.3 Å². The smallest absolute Gasteiger partial charge is 0.298 e. The molecule has 1 aromatic rings. The normalized spacial score (nSPS) is 14.7. The molecule has 1 aliphatic heterocycles. The molecule has 3 nitrogen and oxygen atoms in total. The highest BCUT2D eigenvalue weighted by atomic mass is 35.5. The van der Waals surface area contributed by atoms with E-state index in [1.165, 1.54) is 12.1 Å². The van der Waals surface area contributed by atoms with Crippen LogP contribution in [0.4, 0.5) is 10.1 Å².